The Hall–Kier alpha value is -1.91. The van der Waals surface area contributed by atoms with Crippen LogP contribution in [0.4, 0.5) is 5.69 Å². The molecule has 1 aromatic rings. The van der Waals surface area contributed by atoms with Crippen LogP contribution >= 0.6 is 12.2 Å². The minimum absolute atomic E-state index is 0.311. The number of methoxy groups -OCH3 is 1. The predicted molar refractivity (Wildman–Crippen MR) is 105 cm³/mol. The second-order valence-corrected chi connectivity index (χ2v) is 8.30. The lowest BCUT2D eigenvalue weighted by Gasteiger charge is -2.22. The number of fused-ring (bicyclic) bond motifs is 1. The van der Waals surface area contributed by atoms with Gasteiger partial charge < -0.3 is 10.1 Å². The van der Waals surface area contributed by atoms with Crippen molar-refractivity contribution in [2.45, 2.75) is 12.8 Å². The van der Waals surface area contributed by atoms with Gasteiger partial charge in [-0.05, 0) is 48.8 Å². The number of benzene rings is 1. The van der Waals surface area contributed by atoms with Gasteiger partial charge in [0.2, 0.25) is 10.0 Å². The summed E-state index contributed by atoms with van der Waals surface area (Å²) in [5.74, 6) is -0.311. The highest BCUT2D eigenvalue weighted by Gasteiger charge is 2.26. The van der Waals surface area contributed by atoms with Crippen molar-refractivity contribution in [2.75, 3.05) is 44.4 Å². The van der Waals surface area contributed by atoms with Crippen molar-refractivity contribution in [2.24, 2.45) is 0 Å². The molecule has 26 heavy (non-hydrogen) atoms. The summed E-state index contributed by atoms with van der Waals surface area (Å²) in [6.07, 6.45) is 2.57. The van der Waals surface area contributed by atoms with E-state index in [4.69, 9.17) is 17.0 Å². The molecule has 0 bridgehead atoms. The molecule has 1 heterocycles. The quantitative estimate of drug-likeness (QED) is 0.408. The number of ether oxygens (including phenoxy) is 1. The van der Waals surface area contributed by atoms with Gasteiger partial charge in [0.25, 0.3) is 5.91 Å². The Labute approximate surface area is 159 Å². The third kappa shape index (κ3) is 5.05. The molecule has 2 rings (SSSR count). The Morgan fingerprint density at radius 3 is 2.81 bits per heavy atom. The van der Waals surface area contributed by atoms with Crippen LogP contribution in [-0.4, -0.2) is 64.6 Å². The molecule has 0 radical (unpaired) electrons. The van der Waals surface area contributed by atoms with Crippen LogP contribution in [0.3, 0.4) is 0 Å². The molecular formula is C16H24N4O4S2. The number of rotatable bonds is 6. The molecule has 0 saturated carbocycles. The summed E-state index contributed by atoms with van der Waals surface area (Å²) in [6.45, 7) is 1.67. The zero-order valence-corrected chi connectivity index (χ0v) is 16.7. The van der Waals surface area contributed by atoms with Crippen molar-refractivity contribution in [3.63, 3.8) is 0 Å². The van der Waals surface area contributed by atoms with Gasteiger partial charge in [-0.2, -0.15) is 0 Å². The fourth-order valence-corrected chi connectivity index (χ4v) is 3.76. The Kier molecular flexibility index (Phi) is 6.79. The molecule has 1 aliphatic rings. The summed E-state index contributed by atoms with van der Waals surface area (Å²) < 4.78 is 29.9. The van der Waals surface area contributed by atoms with Crippen molar-refractivity contribution in [1.82, 2.24) is 15.8 Å². The molecule has 1 aliphatic heterocycles. The molecule has 0 fully saturated rings. The Bertz CT molecular complexity index is 782. The fraction of sp³-hybridized carbons (Fsp3) is 0.500. The molecule has 0 saturated heterocycles. The molecular weight excluding hydrogens is 376 g/mol. The van der Waals surface area contributed by atoms with Gasteiger partial charge in [0.05, 0.1) is 11.9 Å². The van der Waals surface area contributed by atoms with E-state index in [0.717, 1.165) is 12.0 Å². The van der Waals surface area contributed by atoms with Crippen molar-refractivity contribution in [3.8, 4) is 0 Å². The number of nitrogens with one attached hydrogen (secondary N) is 2. The number of thiocarbonyl (C=S) groups is 1. The monoisotopic (exact) mass is 400 g/mol. The number of carbonyl (C=O) groups is 1. The first-order chi connectivity index (χ1) is 12.2. The lowest BCUT2D eigenvalue weighted by atomic mass is 10.1. The van der Waals surface area contributed by atoms with Gasteiger partial charge in [0, 0.05) is 39.4 Å². The van der Waals surface area contributed by atoms with Gasteiger partial charge in [-0.15, -0.1) is 0 Å². The largest absolute Gasteiger partial charge is 0.385 e. The molecule has 0 unspecified atom stereocenters. The number of sulfonamides is 1. The zero-order valence-electron chi connectivity index (χ0n) is 15.1. The number of hydrazine groups is 1. The van der Waals surface area contributed by atoms with Crippen LogP contribution in [0.1, 0.15) is 22.3 Å². The summed E-state index contributed by atoms with van der Waals surface area (Å²) in [6, 6.07) is 5.00. The van der Waals surface area contributed by atoms with Crippen LogP contribution in [0.5, 0.6) is 0 Å². The highest BCUT2D eigenvalue weighted by Crippen LogP contribution is 2.30. The van der Waals surface area contributed by atoms with E-state index in [-0.39, 0.29) is 5.91 Å². The van der Waals surface area contributed by atoms with Gasteiger partial charge in [0.1, 0.15) is 0 Å². The average molecular weight is 401 g/mol. The lowest BCUT2D eigenvalue weighted by Crippen LogP contribution is -2.48. The Morgan fingerprint density at radius 1 is 1.42 bits per heavy atom. The standard InChI is InChI=1S/C16H24N4O4S2/c1-19(16(25)17-8-4-10-24-2)18-15(21)13-5-6-14-12(11-13)7-9-20(14)26(3,22)23/h5-6,11H,4,7-10H2,1-3H3,(H,17,25)(H,18,21). The molecule has 0 aliphatic carbocycles. The van der Waals surface area contributed by atoms with Gasteiger partial charge >= 0.3 is 0 Å². The number of hydrogen-bond donors (Lipinski definition) is 2. The van der Waals surface area contributed by atoms with Crippen molar-refractivity contribution in [3.05, 3.63) is 29.3 Å². The predicted octanol–water partition coefficient (Wildman–Crippen LogP) is 0.496. The van der Waals surface area contributed by atoms with Gasteiger partial charge in [-0.25, -0.2) is 8.42 Å². The number of hydrogen-bond acceptors (Lipinski definition) is 5. The van der Waals surface area contributed by atoms with E-state index >= 15 is 0 Å². The topological polar surface area (TPSA) is 91.0 Å². The molecule has 0 spiro atoms. The van der Waals surface area contributed by atoms with Crippen molar-refractivity contribution >= 4 is 38.9 Å². The first-order valence-electron chi connectivity index (χ1n) is 8.16. The fourth-order valence-electron chi connectivity index (χ4n) is 2.66. The highest BCUT2D eigenvalue weighted by molar-refractivity contribution is 7.92. The van der Waals surface area contributed by atoms with Crippen LogP contribution in [0.2, 0.25) is 0 Å². The zero-order chi connectivity index (χ0) is 19.3. The molecule has 8 nitrogen and oxygen atoms in total. The highest BCUT2D eigenvalue weighted by atomic mass is 32.2. The lowest BCUT2D eigenvalue weighted by molar-refractivity contribution is 0.0886. The summed E-state index contributed by atoms with van der Waals surface area (Å²) in [7, 11) is -0.0117. The SMILES string of the molecule is COCCCNC(=S)N(C)NC(=O)c1ccc2c(c1)CCN2S(C)(=O)=O. The molecule has 1 amide bonds. The summed E-state index contributed by atoms with van der Waals surface area (Å²) in [5.41, 5.74) is 4.62. The Balaban J connectivity index is 1.97. The first kappa shape index (κ1) is 20.4. The summed E-state index contributed by atoms with van der Waals surface area (Å²) in [5, 5.41) is 4.87. The molecule has 0 atom stereocenters. The second kappa shape index (κ2) is 8.65. The number of anilines is 1. The maximum absolute atomic E-state index is 12.4. The van der Waals surface area contributed by atoms with Crippen LogP contribution in [0, 0.1) is 0 Å². The third-order valence-electron chi connectivity index (χ3n) is 3.97. The molecule has 10 heteroatoms. The second-order valence-electron chi connectivity index (χ2n) is 6.01. The van der Waals surface area contributed by atoms with Gasteiger partial charge in [-0.1, -0.05) is 0 Å². The summed E-state index contributed by atoms with van der Waals surface area (Å²) >= 11 is 5.22. The number of amides is 1. The van der Waals surface area contributed by atoms with Gasteiger partial charge in [-0.3, -0.25) is 19.5 Å². The van der Waals surface area contributed by atoms with Crippen LogP contribution in [0.25, 0.3) is 0 Å². The van der Waals surface area contributed by atoms with E-state index in [0.29, 0.717) is 42.5 Å². The maximum atomic E-state index is 12.4. The molecule has 144 valence electrons. The van der Waals surface area contributed by atoms with E-state index in [2.05, 4.69) is 10.7 Å². The van der Waals surface area contributed by atoms with Crippen LogP contribution < -0.4 is 15.0 Å². The normalized spacial score (nSPS) is 13.3. The van der Waals surface area contributed by atoms with Crippen molar-refractivity contribution < 1.29 is 17.9 Å². The molecule has 2 N–H and O–H groups in total. The van der Waals surface area contributed by atoms with E-state index in [9.17, 15) is 13.2 Å². The number of carbonyl (C=O) groups excluding carboxylic acids is 1. The summed E-state index contributed by atoms with van der Waals surface area (Å²) in [4.78, 5) is 12.4. The van der Waals surface area contributed by atoms with Crippen molar-refractivity contribution in [1.29, 1.82) is 0 Å². The van der Waals surface area contributed by atoms with E-state index in [1.54, 1.807) is 32.4 Å². The smallest absolute Gasteiger partial charge is 0.269 e. The van der Waals surface area contributed by atoms with Gasteiger partial charge in [0.15, 0.2) is 5.11 Å². The van der Waals surface area contributed by atoms with E-state index < -0.39 is 10.0 Å². The van der Waals surface area contributed by atoms with Crippen LogP contribution in [-0.2, 0) is 21.2 Å². The third-order valence-corrected chi connectivity index (χ3v) is 5.57. The molecule has 1 aromatic carbocycles. The number of nitrogens with zero attached hydrogens (tertiary/aromatic N) is 2. The maximum Gasteiger partial charge on any atom is 0.269 e. The van der Waals surface area contributed by atoms with E-state index in [1.165, 1.54) is 15.6 Å². The minimum Gasteiger partial charge on any atom is -0.385 e. The van der Waals surface area contributed by atoms with Crippen LogP contribution in [0.15, 0.2) is 18.2 Å². The average Bonchev–Trinajstić information content (AvgIpc) is 3.01. The minimum atomic E-state index is -3.30. The van der Waals surface area contributed by atoms with E-state index in [1.807, 2.05) is 0 Å². The Morgan fingerprint density at radius 2 is 2.15 bits per heavy atom. The first-order valence-corrected chi connectivity index (χ1v) is 10.4. The molecule has 0 aromatic heterocycles.